The molecular weight excluding hydrogens is 400 g/mol. The lowest BCUT2D eigenvalue weighted by Crippen LogP contribution is -2.27. The van der Waals surface area contributed by atoms with E-state index < -0.39 is 0 Å². The number of fused-ring (bicyclic) bond motifs is 2. The Hall–Kier alpha value is -3.95. The molecule has 0 atom stereocenters. The number of amides is 2. The van der Waals surface area contributed by atoms with Gasteiger partial charge in [0.2, 0.25) is 5.91 Å². The predicted octanol–water partition coefficient (Wildman–Crippen LogP) is 4.23. The number of rotatable bonds is 5. The Bertz CT molecular complexity index is 1180. The number of aromatic nitrogens is 1. The van der Waals surface area contributed by atoms with Crippen molar-refractivity contribution in [1.29, 1.82) is 0 Å². The van der Waals surface area contributed by atoms with Crippen molar-refractivity contribution in [2.24, 2.45) is 0 Å². The highest BCUT2D eigenvalue weighted by molar-refractivity contribution is 6.17. The first-order valence-electron chi connectivity index (χ1n) is 10.5. The van der Waals surface area contributed by atoms with Crippen LogP contribution < -0.4 is 10.2 Å². The number of nitrogens with zero attached hydrogens (tertiary/aromatic N) is 3. The standard InChI is InChI=1S/C26H24N4O2/c1-29(19-20-11-4-2-5-12-20)18-9-3-6-16-24(31)30-23-15-8-7-13-21(23)26(32)28-22-14-10-17-27-25(22)30/h2,4-5,7-8,10-15,17H,6,16,18-19H2,1H3,(H,28,32). The SMILES string of the molecule is CN(CC#CCCC(=O)N1c2ccccc2C(=O)Nc2cccnc21)Cc1ccccc1. The highest BCUT2D eigenvalue weighted by Crippen LogP contribution is 2.36. The van der Waals surface area contributed by atoms with Gasteiger partial charge in [-0.3, -0.25) is 19.4 Å². The normalized spacial score (nSPS) is 12.2. The van der Waals surface area contributed by atoms with E-state index >= 15 is 0 Å². The van der Waals surface area contributed by atoms with Gasteiger partial charge in [-0.1, -0.05) is 48.4 Å². The van der Waals surface area contributed by atoms with Crippen LogP contribution in [0.15, 0.2) is 72.9 Å². The van der Waals surface area contributed by atoms with E-state index in [1.54, 1.807) is 36.5 Å². The first-order chi connectivity index (χ1) is 15.6. The first-order valence-corrected chi connectivity index (χ1v) is 10.5. The average Bonchev–Trinajstić information content (AvgIpc) is 2.93. The molecular formula is C26H24N4O2. The van der Waals surface area contributed by atoms with Crippen LogP contribution in [0.1, 0.15) is 28.8 Å². The van der Waals surface area contributed by atoms with E-state index in [2.05, 4.69) is 39.2 Å². The molecule has 0 spiro atoms. The Morgan fingerprint density at radius 3 is 2.66 bits per heavy atom. The van der Waals surface area contributed by atoms with Crippen molar-refractivity contribution < 1.29 is 9.59 Å². The summed E-state index contributed by atoms with van der Waals surface area (Å²) in [6.45, 7) is 1.45. The van der Waals surface area contributed by atoms with Crippen LogP contribution in [0.5, 0.6) is 0 Å². The zero-order chi connectivity index (χ0) is 22.3. The fourth-order valence-electron chi connectivity index (χ4n) is 3.60. The van der Waals surface area contributed by atoms with E-state index in [4.69, 9.17) is 0 Å². The molecule has 1 aromatic heterocycles. The maximum Gasteiger partial charge on any atom is 0.257 e. The first kappa shape index (κ1) is 21.3. The van der Waals surface area contributed by atoms with E-state index in [1.807, 2.05) is 31.3 Å². The highest BCUT2D eigenvalue weighted by Gasteiger charge is 2.29. The van der Waals surface area contributed by atoms with Gasteiger partial charge in [0.05, 0.1) is 23.5 Å². The smallest absolute Gasteiger partial charge is 0.257 e. The van der Waals surface area contributed by atoms with Crippen LogP contribution in [0.3, 0.4) is 0 Å². The summed E-state index contributed by atoms with van der Waals surface area (Å²) in [5.74, 6) is 6.26. The van der Waals surface area contributed by atoms with E-state index in [1.165, 1.54) is 10.5 Å². The molecule has 0 fully saturated rings. The molecule has 160 valence electrons. The molecule has 2 heterocycles. The number of pyridine rings is 1. The van der Waals surface area contributed by atoms with Crippen molar-refractivity contribution in [3.63, 3.8) is 0 Å². The molecule has 0 saturated heterocycles. The summed E-state index contributed by atoms with van der Waals surface area (Å²) in [5.41, 5.74) is 2.72. The molecule has 1 N–H and O–H groups in total. The van der Waals surface area contributed by atoms with Crippen LogP contribution in [0.2, 0.25) is 0 Å². The molecule has 4 rings (SSSR count). The molecule has 0 saturated carbocycles. The molecule has 32 heavy (non-hydrogen) atoms. The van der Waals surface area contributed by atoms with Gasteiger partial charge in [0.1, 0.15) is 0 Å². The lowest BCUT2D eigenvalue weighted by molar-refractivity contribution is -0.117. The van der Waals surface area contributed by atoms with Crippen molar-refractivity contribution in [3.8, 4) is 11.8 Å². The van der Waals surface area contributed by atoms with Gasteiger partial charge >= 0.3 is 0 Å². The van der Waals surface area contributed by atoms with E-state index in [-0.39, 0.29) is 18.2 Å². The van der Waals surface area contributed by atoms with Crippen molar-refractivity contribution in [2.45, 2.75) is 19.4 Å². The largest absolute Gasteiger partial charge is 0.319 e. The minimum atomic E-state index is -0.258. The van der Waals surface area contributed by atoms with Crippen molar-refractivity contribution >= 4 is 29.0 Å². The van der Waals surface area contributed by atoms with Crippen molar-refractivity contribution in [1.82, 2.24) is 9.88 Å². The zero-order valence-corrected chi connectivity index (χ0v) is 17.9. The Balaban J connectivity index is 1.43. The third kappa shape index (κ3) is 4.85. The van der Waals surface area contributed by atoms with E-state index in [0.717, 1.165) is 6.54 Å². The average molecular weight is 425 g/mol. The number of nitrogens with one attached hydrogen (secondary N) is 1. The lowest BCUT2D eigenvalue weighted by Gasteiger charge is -2.22. The molecule has 3 aromatic rings. The van der Waals surface area contributed by atoms with Crippen LogP contribution in [0.4, 0.5) is 17.2 Å². The van der Waals surface area contributed by atoms with Crippen molar-refractivity contribution in [3.05, 3.63) is 84.1 Å². The highest BCUT2D eigenvalue weighted by atomic mass is 16.2. The molecule has 6 heteroatoms. The summed E-state index contributed by atoms with van der Waals surface area (Å²) in [5, 5.41) is 2.84. The lowest BCUT2D eigenvalue weighted by atomic mass is 10.1. The molecule has 0 radical (unpaired) electrons. The number of carbonyl (C=O) groups is 2. The Labute approximate surface area is 187 Å². The molecule has 6 nitrogen and oxygen atoms in total. The van der Waals surface area contributed by atoms with Gasteiger partial charge in [-0.25, -0.2) is 4.98 Å². The summed E-state index contributed by atoms with van der Waals surface area (Å²) < 4.78 is 0. The summed E-state index contributed by atoms with van der Waals surface area (Å²) in [6, 6.07) is 20.8. The van der Waals surface area contributed by atoms with Crippen LogP contribution in [-0.2, 0) is 11.3 Å². The number of hydrogen-bond acceptors (Lipinski definition) is 4. The van der Waals surface area contributed by atoms with Gasteiger partial charge in [-0.15, -0.1) is 5.92 Å². The third-order valence-corrected chi connectivity index (χ3v) is 5.12. The molecule has 1 aliphatic rings. The minimum Gasteiger partial charge on any atom is -0.319 e. The second-order valence-electron chi connectivity index (χ2n) is 7.59. The van der Waals surface area contributed by atoms with Gasteiger partial charge < -0.3 is 5.32 Å². The van der Waals surface area contributed by atoms with E-state index in [9.17, 15) is 9.59 Å². The van der Waals surface area contributed by atoms with Crippen LogP contribution >= 0.6 is 0 Å². The number of benzene rings is 2. The Morgan fingerprint density at radius 2 is 1.81 bits per heavy atom. The van der Waals surface area contributed by atoms with Gasteiger partial charge in [0, 0.05) is 25.6 Å². The van der Waals surface area contributed by atoms with Crippen LogP contribution in [-0.4, -0.2) is 35.3 Å². The summed E-state index contributed by atoms with van der Waals surface area (Å²) >= 11 is 0. The second kappa shape index (κ2) is 9.90. The molecule has 2 aromatic carbocycles. The summed E-state index contributed by atoms with van der Waals surface area (Å²) in [6.07, 6.45) is 2.27. The topological polar surface area (TPSA) is 65.5 Å². The maximum absolute atomic E-state index is 13.2. The second-order valence-corrected chi connectivity index (χ2v) is 7.59. The zero-order valence-electron chi connectivity index (χ0n) is 17.9. The summed E-state index contributed by atoms with van der Waals surface area (Å²) in [4.78, 5) is 33.8. The molecule has 2 amide bonds. The van der Waals surface area contributed by atoms with Crippen LogP contribution in [0.25, 0.3) is 0 Å². The third-order valence-electron chi connectivity index (χ3n) is 5.12. The Morgan fingerprint density at radius 1 is 1.03 bits per heavy atom. The van der Waals surface area contributed by atoms with Crippen LogP contribution in [0, 0.1) is 11.8 Å². The number of para-hydroxylation sites is 1. The number of carbonyl (C=O) groups excluding carboxylic acids is 2. The van der Waals surface area contributed by atoms with Gasteiger partial charge in [-0.2, -0.15) is 0 Å². The molecule has 0 unspecified atom stereocenters. The molecule has 0 aliphatic carbocycles. The fourth-order valence-corrected chi connectivity index (χ4v) is 3.60. The monoisotopic (exact) mass is 424 g/mol. The quantitative estimate of drug-likeness (QED) is 0.623. The van der Waals surface area contributed by atoms with Gasteiger partial charge in [0.15, 0.2) is 5.82 Å². The van der Waals surface area contributed by atoms with Gasteiger partial charge in [-0.05, 0) is 36.9 Å². The van der Waals surface area contributed by atoms with Gasteiger partial charge in [0.25, 0.3) is 5.91 Å². The minimum absolute atomic E-state index is 0.152. The molecule has 0 bridgehead atoms. The number of anilines is 3. The fraction of sp³-hybridized carbons (Fsp3) is 0.192. The predicted molar refractivity (Wildman–Crippen MR) is 126 cm³/mol. The summed E-state index contributed by atoms with van der Waals surface area (Å²) in [7, 11) is 2.02. The maximum atomic E-state index is 13.2. The van der Waals surface area contributed by atoms with Crippen molar-refractivity contribution in [2.75, 3.05) is 23.8 Å². The Kier molecular flexibility index (Phi) is 6.59. The number of hydrogen-bond donors (Lipinski definition) is 1. The molecule has 1 aliphatic heterocycles. The van der Waals surface area contributed by atoms with E-state index in [0.29, 0.717) is 35.7 Å².